The summed E-state index contributed by atoms with van der Waals surface area (Å²) in [6.07, 6.45) is 5.54. The molecule has 0 saturated carbocycles. The van der Waals surface area contributed by atoms with Crippen LogP contribution in [0.25, 0.3) is 0 Å². The molecule has 0 saturated heterocycles. The topological polar surface area (TPSA) is 30.5 Å². The Morgan fingerprint density at radius 3 is 2.42 bits per heavy atom. The molecule has 0 amide bonds. The predicted molar refractivity (Wildman–Crippen MR) is 76.4 cm³/mol. The fourth-order valence-electron chi connectivity index (χ4n) is 3.29. The number of benzene rings is 1. The van der Waals surface area contributed by atoms with Gasteiger partial charge in [0.25, 0.3) is 0 Å². The van der Waals surface area contributed by atoms with Gasteiger partial charge in [0.2, 0.25) is 0 Å². The Morgan fingerprint density at radius 1 is 1.00 bits per heavy atom. The molecule has 0 radical (unpaired) electrons. The summed E-state index contributed by atoms with van der Waals surface area (Å²) >= 11 is 0. The third kappa shape index (κ3) is 2.20. The van der Waals surface area contributed by atoms with Crippen LogP contribution < -0.4 is 14.8 Å². The van der Waals surface area contributed by atoms with Gasteiger partial charge in [-0.1, -0.05) is 0 Å². The molecule has 3 rings (SSSR count). The summed E-state index contributed by atoms with van der Waals surface area (Å²) in [4.78, 5) is 0. The Hall–Kier alpha value is -1.22. The summed E-state index contributed by atoms with van der Waals surface area (Å²) in [5.41, 5.74) is 5.50. The van der Waals surface area contributed by atoms with Crippen LogP contribution in [0.2, 0.25) is 0 Å². The maximum atomic E-state index is 6.02. The van der Waals surface area contributed by atoms with E-state index in [1.807, 2.05) is 7.05 Å². The molecule has 0 spiro atoms. The number of fused-ring (bicyclic) bond motifs is 2. The summed E-state index contributed by atoms with van der Waals surface area (Å²) in [5, 5.41) is 3.25. The van der Waals surface area contributed by atoms with Crippen molar-refractivity contribution in [1.82, 2.24) is 5.32 Å². The Morgan fingerprint density at radius 2 is 1.68 bits per heavy atom. The van der Waals surface area contributed by atoms with Crippen molar-refractivity contribution in [2.45, 2.75) is 39.0 Å². The molecule has 0 bridgehead atoms. The van der Waals surface area contributed by atoms with E-state index in [0.717, 1.165) is 57.6 Å². The van der Waals surface area contributed by atoms with Crippen LogP contribution in [0.3, 0.4) is 0 Å². The molecule has 0 aliphatic carbocycles. The van der Waals surface area contributed by atoms with Gasteiger partial charge in [-0.15, -0.1) is 0 Å². The molecule has 3 heteroatoms. The molecule has 0 unspecified atom stereocenters. The lowest BCUT2D eigenvalue weighted by molar-refractivity contribution is 0.267. The first-order valence-electron chi connectivity index (χ1n) is 7.40. The quantitative estimate of drug-likeness (QED) is 0.906. The number of hydrogen-bond acceptors (Lipinski definition) is 3. The molecular formula is C16H23NO2. The van der Waals surface area contributed by atoms with E-state index in [9.17, 15) is 0 Å². The van der Waals surface area contributed by atoms with E-state index in [-0.39, 0.29) is 0 Å². The zero-order chi connectivity index (χ0) is 13.2. The van der Waals surface area contributed by atoms with Crippen molar-refractivity contribution in [3.8, 4) is 11.5 Å². The third-order valence-electron chi connectivity index (χ3n) is 4.24. The van der Waals surface area contributed by atoms with Crippen molar-refractivity contribution in [2.24, 2.45) is 0 Å². The maximum absolute atomic E-state index is 6.02. The molecule has 1 aromatic rings. The number of ether oxygens (including phenoxy) is 2. The van der Waals surface area contributed by atoms with Crippen molar-refractivity contribution in [3.63, 3.8) is 0 Å². The van der Waals surface area contributed by atoms with E-state index in [0.29, 0.717) is 0 Å². The molecule has 0 fully saturated rings. The van der Waals surface area contributed by atoms with Crippen molar-refractivity contribution in [3.05, 3.63) is 22.3 Å². The van der Waals surface area contributed by atoms with Crippen LogP contribution in [0.5, 0.6) is 11.5 Å². The smallest absolute Gasteiger partial charge is 0.126 e. The molecule has 0 aromatic heterocycles. The highest BCUT2D eigenvalue weighted by atomic mass is 16.5. The van der Waals surface area contributed by atoms with Gasteiger partial charge in [0.15, 0.2) is 0 Å². The SMILES string of the molecule is CNCCc1c2c(c(C)c3c1OCCC3)OCCC2. The van der Waals surface area contributed by atoms with Gasteiger partial charge in [-0.2, -0.15) is 0 Å². The van der Waals surface area contributed by atoms with Gasteiger partial charge >= 0.3 is 0 Å². The van der Waals surface area contributed by atoms with Gasteiger partial charge in [-0.3, -0.25) is 0 Å². The normalized spacial score (nSPS) is 17.2. The molecular weight excluding hydrogens is 238 g/mol. The highest BCUT2D eigenvalue weighted by Gasteiger charge is 2.26. The first kappa shape index (κ1) is 12.8. The summed E-state index contributed by atoms with van der Waals surface area (Å²) in [6.45, 7) is 4.91. The van der Waals surface area contributed by atoms with Crippen LogP contribution >= 0.6 is 0 Å². The zero-order valence-electron chi connectivity index (χ0n) is 12.0. The second kappa shape index (κ2) is 5.41. The van der Waals surface area contributed by atoms with Crippen molar-refractivity contribution in [1.29, 1.82) is 0 Å². The number of rotatable bonds is 3. The predicted octanol–water partition coefficient (Wildman–Crippen LogP) is 2.41. The average molecular weight is 261 g/mol. The van der Waals surface area contributed by atoms with Gasteiger partial charge in [0.05, 0.1) is 13.2 Å². The van der Waals surface area contributed by atoms with Gasteiger partial charge in [-0.25, -0.2) is 0 Å². The van der Waals surface area contributed by atoms with Crippen LogP contribution in [0, 0.1) is 6.92 Å². The van der Waals surface area contributed by atoms with E-state index in [1.54, 1.807) is 0 Å². The van der Waals surface area contributed by atoms with E-state index < -0.39 is 0 Å². The summed E-state index contributed by atoms with van der Waals surface area (Å²) < 4.78 is 12.0. The van der Waals surface area contributed by atoms with Gasteiger partial charge in [0, 0.05) is 16.7 Å². The van der Waals surface area contributed by atoms with E-state index in [2.05, 4.69) is 12.2 Å². The largest absolute Gasteiger partial charge is 0.493 e. The monoisotopic (exact) mass is 261 g/mol. The van der Waals surface area contributed by atoms with Crippen LogP contribution in [0.1, 0.15) is 35.1 Å². The lowest BCUT2D eigenvalue weighted by Crippen LogP contribution is -2.21. The first-order valence-corrected chi connectivity index (χ1v) is 7.40. The van der Waals surface area contributed by atoms with Crippen LogP contribution in [-0.4, -0.2) is 26.8 Å². The highest BCUT2D eigenvalue weighted by Crippen LogP contribution is 2.43. The molecule has 19 heavy (non-hydrogen) atoms. The molecule has 3 nitrogen and oxygen atoms in total. The van der Waals surface area contributed by atoms with E-state index in [1.165, 1.54) is 28.0 Å². The second-order valence-electron chi connectivity index (χ2n) is 5.48. The molecule has 2 aliphatic rings. The zero-order valence-corrected chi connectivity index (χ0v) is 12.0. The molecule has 2 aliphatic heterocycles. The van der Waals surface area contributed by atoms with Crippen molar-refractivity contribution < 1.29 is 9.47 Å². The standard InChI is InChI=1S/C16H23NO2/c1-11-12-5-3-10-19-16(12)14(7-8-17-2)13-6-4-9-18-15(11)13/h17H,3-10H2,1-2H3. The van der Waals surface area contributed by atoms with Crippen LogP contribution in [0.15, 0.2) is 0 Å². The number of hydrogen-bond donors (Lipinski definition) is 1. The summed E-state index contributed by atoms with van der Waals surface area (Å²) in [6, 6.07) is 0. The minimum atomic E-state index is 0.860. The maximum Gasteiger partial charge on any atom is 0.126 e. The number of nitrogens with one attached hydrogen (secondary N) is 1. The third-order valence-corrected chi connectivity index (χ3v) is 4.24. The lowest BCUT2D eigenvalue weighted by Gasteiger charge is -2.30. The second-order valence-corrected chi connectivity index (χ2v) is 5.48. The Bertz CT molecular complexity index is 445. The minimum Gasteiger partial charge on any atom is -0.493 e. The molecule has 0 atom stereocenters. The van der Waals surface area contributed by atoms with E-state index in [4.69, 9.17) is 9.47 Å². The minimum absolute atomic E-state index is 0.860. The fraction of sp³-hybridized carbons (Fsp3) is 0.625. The van der Waals surface area contributed by atoms with E-state index >= 15 is 0 Å². The lowest BCUT2D eigenvalue weighted by atomic mass is 9.88. The molecule has 104 valence electrons. The van der Waals surface area contributed by atoms with Crippen molar-refractivity contribution >= 4 is 0 Å². The Labute approximate surface area is 115 Å². The van der Waals surface area contributed by atoms with Crippen LogP contribution in [0.4, 0.5) is 0 Å². The van der Waals surface area contributed by atoms with Gasteiger partial charge in [-0.05, 0) is 58.2 Å². The summed E-state index contributed by atoms with van der Waals surface area (Å²) in [5.74, 6) is 2.32. The molecule has 1 N–H and O–H groups in total. The van der Waals surface area contributed by atoms with Gasteiger partial charge in [0.1, 0.15) is 11.5 Å². The van der Waals surface area contributed by atoms with Gasteiger partial charge < -0.3 is 14.8 Å². The first-order chi connectivity index (χ1) is 9.33. The number of likely N-dealkylation sites (N-methyl/N-ethyl adjacent to an activating group) is 1. The summed E-state index contributed by atoms with van der Waals surface area (Å²) in [7, 11) is 2.00. The van der Waals surface area contributed by atoms with Crippen LogP contribution in [-0.2, 0) is 19.3 Å². The average Bonchev–Trinajstić information content (AvgIpc) is 2.47. The molecule has 2 heterocycles. The molecule has 1 aromatic carbocycles. The Balaban J connectivity index is 2.13. The van der Waals surface area contributed by atoms with Crippen molar-refractivity contribution in [2.75, 3.05) is 26.8 Å². The highest BCUT2D eigenvalue weighted by molar-refractivity contribution is 5.60. The fourth-order valence-corrected chi connectivity index (χ4v) is 3.29. The Kier molecular flexibility index (Phi) is 3.65.